The van der Waals surface area contributed by atoms with Crippen LogP contribution in [0.3, 0.4) is 0 Å². The van der Waals surface area contributed by atoms with Crippen molar-refractivity contribution in [2.75, 3.05) is 13.2 Å². The van der Waals surface area contributed by atoms with Crippen LogP contribution in [-0.2, 0) is 17.6 Å². The van der Waals surface area contributed by atoms with Crippen molar-refractivity contribution in [3.63, 3.8) is 0 Å². The van der Waals surface area contributed by atoms with Crippen molar-refractivity contribution in [2.24, 2.45) is 0 Å². The van der Waals surface area contributed by atoms with Crippen LogP contribution in [0.5, 0.6) is 17.2 Å². The van der Waals surface area contributed by atoms with Crippen molar-refractivity contribution in [1.82, 2.24) is 0 Å². The molecule has 6 heteroatoms. The zero-order chi connectivity index (χ0) is 27.1. The van der Waals surface area contributed by atoms with Crippen LogP contribution >= 0.6 is 0 Å². The summed E-state index contributed by atoms with van der Waals surface area (Å²) in [5.41, 5.74) is 5.72. The monoisotopic (exact) mass is 530 g/mol. The lowest BCUT2D eigenvalue weighted by atomic mass is 9.85. The van der Waals surface area contributed by atoms with Crippen LogP contribution in [0, 0.1) is 0 Å². The molecule has 0 saturated carbocycles. The van der Waals surface area contributed by atoms with Crippen LogP contribution in [0.4, 0.5) is 0 Å². The number of hydrogen-bond donors (Lipinski definition) is 0. The summed E-state index contributed by atoms with van der Waals surface area (Å²) in [6.45, 7) is 1.30. The standard InChI is InChI=1S/C34H26O6/c35-31-19-27(23-7-9-25(10-8-23)37-16-14-21-6-12-29-24(18-21)15-17-38-29)32-30(40-31)13-11-26-33(36)28(20-39-34(26)32)22-4-2-1-3-5-22/h1-13,18,20,27H,14-17,19H2. The molecule has 7 rings (SSSR count). The third kappa shape index (κ3) is 4.41. The minimum atomic E-state index is -0.319. The SMILES string of the molecule is O=C1CC(c2ccc(OCCc3ccc4c(c3)CCO4)cc2)c2c(ccc3c(=O)c(-c4ccccc4)coc23)O1. The summed E-state index contributed by atoms with van der Waals surface area (Å²) < 4.78 is 23.3. The predicted molar refractivity (Wildman–Crippen MR) is 151 cm³/mol. The second kappa shape index (κ2) is 10.0. The van der Waals surface area contributed by atoms with E-state index < -0.39 is 0 Å². The van der Waals surface area contributed by atoms with Crippen LogP contribution < -0.4 is 19.6 Å². The van der Waals surface area contributed by atoms with Crippen LogP contribution in [0.15, 0.2) is 100 Å². The first-order valence-electron chi connectivity index (χ1n) is 13.5. The molecule has 0 bridgehead atoms. The number of rotatable bonds is 6. The van der Waals surface area contributed by atoms with Gasteiger partial charge in [0.15, 0.2) is 0 Å². The molecule has 0 spiro atoms. The van der Waals surface area contributed by atoms with Crippen molar-refractivity contribution in [1.29, 1.82) is 0 Å². The Balaban J connectivity index is 1.15. The largest absolute Gasteiger partial charge is 0.493 e. The number of fused-ring (bicyclic) bond motifs is 4. The summed E-state index contributed by atoms with van der Waals surface area (Å²) in [6.07, 6.45) is 3.40. The molecule has 5 aromatic rings. The summed E-state index contributed by atoms with van der Waals surface area (Å²) in [5.74, 6) is 1.53. The molecule has 0 amide bonds. The molecule has 1 unspecified atom stereocenters. The van der Waals surface area contributed by atoms with E-state index in [9.17, 15) is 9.59 Å². The lowest BCUT2D eigenvalue weighted by molar-refractivity contribution is -0.135. The number of carbonyl (C=O) groups is 1. The van der Waals surface area contributed by atoms with Gasteiger partial charge in [0, 0.05) is 24.3 Å². The molecule has 4 aromatic carbocycles. The lowest BCUT2D eigenvalue weighted by Gasteiger charge is -2.25. The van der Waals surface area contributed by atoms with Gasteiger partial charge in [0.05, 0.1) is 30.6 Å². The maximum Gasteiger partial charge on any atom is 0.312 e. The fourth-order valence-electron chi connectivity index (χ4n) is 5.64. The van der Waals surface area contributed by atoms with Gasteiger partial charge in [-0.15, -0.1) is 0 Å². The quantitative estimate of drug-likeness (QED) is 0.185. The molecular weight excluding hydrogens is 504 g/mol. The molecule has 2 aliphatic heterocycles. The average Bonchev–Trinajstić information content (AvgIpc) is 3.46. The van der Waals surface area contributed by atoms with Crippen molar-refractivity contribution in [2.45, 2.75) is 25.2 Å². The summed E-state index contributed by atoms with van der Waals surface area (Å²) in [6, 6.07) is 26.9. The Hall–Kier alpha value is -4.84. The van der Waals surface area contributed by atoms with E-state index in [1.807, 2.05) is 60.7 Å². The normalized spacial score (nSPS) is 15.7. The molecule has 0 aliphatic carbocycles. The van der Waals surface area contributed by atoms with Gasteiger partial charge in [-0.3, -0.25) is 9.59 Å². The van der Waals surface area contributed by atoms with Crippen LogP contribution in [-0.4, -0.2) is 19.2 Å². The minimum absolute atomic E-state index is 0.120. The Bertz CT molecular complexity index is 1790. The minimum Gasteiger partial charge on any atom is -0.493 e. The molecule has 2 aliphatic rings. The number of ether oxygens (including phenoxy) is 3. The third-order valence-corrected chi connectivity index (χ3v) is 7.66. The Kier molecular flexibility index (Phi) is 6.08. The van der Waals surface area contributed by atoms with E-state index in [2.05, 4.69) is 12.1 Å². The highest BCUT2D eigenvalue weighted by atomic mass is 16.5. The second-order valence-electron chi connectivity index (χ2n) is 10.1. The molecule has 0 radical (unpaired) electrons. The topological polar surface area (TPSA) is 75.0 Å². The third-order valence-electron chi connectivity index (χ3n) is 7.66. The lowest BCUT2D eigenvalue weighted by Crippen LogP contribution is -2.22. The summed E-state index contributed by atoms with van der Waals surface area (Å²) in [7, 11) is 0. The van der Waals surface area contributed by atoms with Crippen molar-refractivity contribution in [3.8, 4) is 28.4 Å². The number of esters is 1. The average molecular weight is 531 g/mol. The van der Waals surface area contributed by atoms with Crippen molar-refractivity contribution in [3.05, 3.63) is 124 Å². The first-order chi connectivity index (χ1) is 19.6. The second-order valence-corrected chi connectivity index (χ2v) is 10.1. The van der Waals surface area contributed by atoms with Gasteiger partial charge in [-0.1, -0.05) is 54.6 Å². The first kappa shape index (κ1) is 24.2. The van der Waals surface area contributed by atoms with Crippen molar-refractivity contribution < 1.29 is 23.4 Å². The number of hydrogen-bond acceptors (Lipinski definition) is 6. The van der Waals surface area contributed by atoms with E-state index in [-0.39, 0.29) is 23.7 Å². The van der Waals surface area contributed by atoms with E-state index in [0.29, 0.717) is 34.5 Å². The van der Waals surface area contributed by atoms with E-state index in [0.717, 1.165) is 42.1 Å². The van der Waals surface area contributed by atoms with Gasteiger partial charge in [0.2, 0.25) is 5.43 Å². The van der Waals surface area contributed by atoms with E-state index in [4.69, 9.17) is 18.6 Å². The zero-order valence-corrected chi connectivity index (χ0v) is 21.7. The Morgan fingerprint density at radius 3 is 2.55 bits per heavy atom. The van der Waals surface area contributed by atoms with Gasteiger partial charge in [-0.05, 0) is 52.6 Å². The van der Waals surface area contributed by atoms with Crippen molar-refractivity contribution >= 4 is 16.9 Å². The highest BCUT2D eigenvalue weighted by Gasteiger charge is 2.32. The Morgan fingerprint density at radius 1 is 0.875 bits per heavy atom. The number of benzene rings is 4. The molecular formula is C34H26O6. The van der Waals surface area contributed by atoms with Gasteiger partial charge in [-0.25, -0.2) is 0 Å². The maximum absolute atomic E-state index is 13.4. The molecule has 1 atom stereocenters. The molecule has 0 fully saturated rings. The van der Waals surface area contributed by atoms with Gasteiger partial charge in [-0.2, -0.15) is 0 Å². The van der Waals surface area contributed by atoms with E-state index >= 15 is 0 Å². The number of carbonyl (C=O) groups excluding carboxylic acids is 1. The van der Waals surface area contributed by atoms with Gasteiger partial charge >= 0.3 is 5.97 Å². The van der Waals surface area contributed by atoms with Crippen LogP contribution in [0.2, 0.25) is 0 Å². The molecule has 198 valence electrons. The highest BCUT2D eigenvalue weighted by Crippen LogP contribution is 2.43. The van der Waals surface area contributed by atoms with Crippen LogP contribution in [0.1, 0.15) is 34.6 Å². The fraction of sp³-hybridized carbons (Fsp3) is 0.176. The summed E-state index contributed by atoms with van der Waals surface area (Å²) in [4.78, 5) is 26.0. The smallest absolute Gasteiger partial charge is 0.312 e. The summed E-state index contributed by atoms with van der Waals surface area (Å²) in [5, 5.41) is 0.459. The molecule has 0 N–H and O–H groups in total. The van der Waals surface area contributed by atoms with Crippen LogP contribution in [0.25, 0.3) is 22.1 Å². The maximum atomic E-state index is 13.4. The van der Waals surface area contributed by atoms with Gasteiger partial charge in [0.25, 0.3) is 0 Å². The molecule has 6 nitrogen and oxygen atoms in total. The first-order valence-corrected chi connectivity index (χ1v) is 13.5. The highest BCUT2D eigenvalue weighted by molar-refractivity contribution is 5.90. The van der Waals surface area contributed by atoms with E-state index in [1.165, 1.54) is 17.4 Å². The predicted octanol–water partition coefficient (Wildman–Crippen LogP) is 6.46. The fourth-order valence-corrected chi connectivity index (χ4v) is 5.64. The Labute approximate surface area is 230 Å². The molecule has 3 heterocycles. The van der Waals surface area contributed by atoms with E-state index in [1.54, 1.807) is 12.1 Å². The van der Waals surface area contributed by atoms with Gasteiger partial charge in [0.1, 0.15) is 29.1 Å². The molecule has 0 saturated heterocycles. The molecule has 40 heavy (non-hydrogen) atoms. The Morgan fingerprint density at radius 2 is 1.70 bits per heavy atom. The summed E-state index contributed by atoms with van der Waals surface area (Å²) >= 11 is 0. The molecule has 1 aromatic heterocycles. The van der Waals surface area contributed by atoms with Gasteiger partial charge < -0.3 is 18.6 Å². The zero-order valence-electron chi connectivity index (χ0n) is 21.7.